The molecular weight excluding hydrogens is 308 g/mol. The second kappa shape index (κ2) is 7.08. The zero-order chi connectivity index (χ0) is 14.5. The summed E-state index contributed by atoms with van der Waals surface area (Å²) in [7, 11) is 0. The van der Waals surface area contributed by atoms with Crippen LogP contribution in [0.1, 0.15) is 60.2 Å². The molecule has 106 valence electrons. The predicted molar refractivity (Wildman–Crippen MR) is 91.7 cm³/mol. The van der Waals surface area contributed by atoms with Crippen molar-refractivity contribution in [3.05, 3.63) is 70.8 Å². The van der Waals surface area contributed by atoms with Gasteiger partial charge >= 0.3 is 0 Å². The van der Waals surface area contributed by atoms with Crippen LogP contribution in [0.15, 0.2) is 48.5 Å². The molecular formula is C19H23Br. The summed E-state index contributed by atoms with van der Waals surface area (Å²) in [6.07, 6.45) is 2.26. The molecule has 0 nitrogen and oxygen atoms in total. The van der Waals surface area contributed by atoms with E-state index < -0.39 is 0 Å². The molecule has 0 aromatic heterocycles. The molecule has 0 saturated carbocycles. The van der Waals surface area contributed by atoms with E-state index in [1.807, 2.05) is 0 Å². The lowest BCUT2D eigenvalue weighted by Crippen LogP contribution is -1.99. The van der Waals surface area contributed by atoms with Gasteiger partial charge < -0.3 is 0 Å². The lowest BCUT2D eigenvalue weighted by Gasteiger charge is -2.16. The third-order valence-corrected chi connectivity index (χ3v) is 5.14. The number of rotatable bonds is 5. The van der Waals surface area contributed by atoms with Gasteiger partial charge in [-0.3, -0.25) is 0 Å². The Kier molecular flexibility index (Phi) is 5.42. The van der Waals surface area contributed by atoms with Crippen molar-refractivity contribution in [2.24, 2.45) is 0 Å². The fourth-order valence-electron chi connectivity index (χ4n) is 2.51. The molecule has 0 aliphatic rings. The van der Waals surface area contributed by atoms with Gasteiger partial charge in [0.2, 0.25) is 0 Å². The Hall–Kier alpha value is -1.08. The zero-order valence-electron chi connectivity index (χ0n) is 12.6. The highest BCUT2D eigenvalue weighted by Gasteiger charge is 2.13. The Balaban J connectivity index is 2.27. The van der Waals surface area contributed by atoms with E-state index in [2.05, 4.69) is 85.2 Å². The highest BCUT2D eigenvalue weighted by Crippen LogP contribution is 2.34. The van der Waals surface area contributed by atoms with E-state index in [0.29, 0.717) is 5.92 Å². The second-order valence-corrected chi connectivity index (χ2v) is 6.31. The molecule has 0 aliphatic heterocycles. The molecule has 2 atom stereocenters. The molecule has 1 heteroatoms. The van der Waals surface area contributed by atoms with Crippen LogP contribution < -0.4 is 0 Å². The van der Waals surface area contributed by atoms with Crippen molar-refractivity contribution >= 4 is 15.9 Å². The largest absolute Gasteiger partial charge is 0.0786 e. The van der Waals surface area contributed by atoms with Crippen LogP contribution in [-0.4, -0.2) is 0 Å². The molecule has 0 amide bonds. The number of alkyl halides is 1. The Labute approximate surface area is 131 Å². The van der Waals surface area contributed by atoms with E-state index in [1.54, 1.807) is 0 Å². The molecule has 0 radical (unpaired) electrons. The summed E-state index contributed by atoms with van der Waals surface area (Å²) in [5.41, 5.74) is 5.56. The minimum Gasteiger partial charge on any atom is -0.0786 e. The lowest BCUT2D eigenvalue weighted by atomic mass is 9.94. The molecule has 2 aromatic rings. The van der Waals surface area contributed by atoms with E-state index in [4.69, 9.17) is 0 Å². The van der Waals surface area contributed by atoms with Gasteiger partial charge in [-0.15, -0.1) is 0 Å². The Morgan fingerprint density at radius 3 is 2.10 bits per heavy atom. The van der Waals surface area contributed by atoms with Crippen LogP contribution in [0.2, 0.25) is 0 Å². The molecule has 0 N–H and O–H groups in total. The molecule has 0 heterocycles. The van der Waals surface area contributed by atoms with Crippen molar-refractivity contribution < 1.29 is 0 Å². The summed E-state index contributed by atoms with van der Waals surface area (Å²) in [5, 5.41) is 0. The van der Waals surface area contributed by atoms with Crippen LogP contribution >= 0.6 is 15.9 Å². The SMILES string of the molecule is CCc1ccccc1C(Br)c1ccc(C(C)CC)cc1. The lowest BCUT2D eigenvalue weighted by molar-refractivity contribution is 0.733. The Morgan fingerprint density at radius 1 is 0.900 bits per heavy atom. The number of halogens is 1. The van der Waals surface area contributed by atoms with Crippen molar-refractivity contribution in [1.29, 1.82) is 0 Å². The van der Waals surface area contributed by atoms with Gasteiger partial charge in [0, 0.05) is 0 Å². The Bertz CT molecular complexity index is 542. The van der Waals surface area contributed by atoms with Gasteiger partial charge in [0.1, 0.15) is 0 Å². The summed E-state index contributed by atoms with van der Waals surface area (Å²) in [5.74, 6) is 0.640. The summed E-state index contributed by atoms with van der Waals surface area (Å²) in [6, 6.07) is 17.7. The van der Waals surface area contributed by atoms with Crippen LogP contribution in [0, 0.1) is 0 Å². The van der Waals surface area contributed by atoms with Crippen molar-refractivity contribution in [2.75, 3.05) is 0 Å². The van der Waals surface area contributed by atoms with Crippen molar-refractivity contribution in [3.8, 4) is 0 Å². The first-order valence-electron chi connectivity index (χ1n) is 7.49. The zero-order valence-corrected chi connectivity index (χ0v) is 14.2. The van der Waals surface area contributed by atoms with E-state index in [1.165, 1.54) is 28.7 Å². The average molecular weight is 331 g/mol. The monoisotopic (exact) mass is 330 g/mol. The fourth-order valence-corrected chi connectivity index (χ4v) is 3.26. The maximum absolute atomic E-state index is 3.86. The van der Waals surface area contributed by atoms with Gasteiger partial charge in [-0.05, 0) is 41.0 Å². The molecule has 0 bridgehead atoms. The van der Waals surface area contributed by atoms with Crippen LogP contribution in [0.5, 0.6) is 0 Å². The summed E-state index contributed by atoms with van der Waals surface area (Å²) < 4.78 is 0. The van der Waals surface area contributed by atoms with Crippen LogP contribution in [0.25, 0.3) is 0 Å². The number of benzene rings is 2. The average Bonchev–Trinajstić information content (AvgIpc) is 2.53. The van der Waals surface area contributed by atoms with E-state index >= 15 is 0 Å². The number of hydrogen-bond acceptors (Lipinski definition) is 0. The van der Waals surface area contributed by atoms with Gasteiger partial charge in [0.05, 0.1) is 4.83 Å². The summed E-state index contributed by atoms with van der Waals surface area (Å²) in [4.78, 5) is 0.282. The first-order valence-corrected chi connectivity index (χ1v) is 8.40. The van der Waals surface area contributed by atoms with Crippen molar-refractivity contribution in [2.45, 2.75) is 44.4 Å². The third-order valence-electron chi connectivity index (χ3n) is 4.12. The van der Waals surface area contributed by atoms with Crippen molar-refractivity contribution in [1.82, 2.24) is 0 Å². The topological polar surface area (TPSA) is 0 Å². The fraction of sp³-hybridized carbons (Fsp3) is 0.368. The third kappa shape index (κ3) is 3.32. The van der Waals surface area contributed by atoms with Crippen LogP contribution in [0.3, 0.4) is 0 Å². The van der Waals surface area contributed by atoms with E-state index in [0.717, 1.165) is 6.42 Å². The molecule has 20 heavy (non-hydrogen) atoms. The molecule has 0 aliphatic carbocycles. The van der Waals surface area contributed by atoms with Gasteiger partial charge in [0.25, 0.3) is 0 Å². The molecule has 0 saturated heterocycles. The van der Waals surface area contributed by atoms with Gasteiger partial charge in [-0.2, -0.15) is 0 Å². The highest BCUT2D eigenvalue weighted by molar-refractivity contribution is 9.09. The summed E-state index contributed by atoms with van der Waals surface area (Å²) in [6.45, 7) is 6.74. The van der Waals surface area contributed by atoms with E-state index in [9.17, 15) is 0 Å². The number of aryl methyl sites for hydroxylation is 1. The minimum atomic E-state index is 0.282. The molecule has 0 spiro atoms. The molecule has 2 unspecified atom stereocenters. The molecule has 2 aromatic carbocycles. The normalized spacial score (nSPS) is 14.0. The van der Waals surface area contributed by atoms with Gasteiger partial charge in [0.15, 0.2) is 0 Å². The van der Waals surface area contributed by atoms with Crippen molar-refractivity contribution in [3.63, 3.8) is 0 Å². The Morgan fingerprint density at radius 2 is 1.50 bits per heavy atom. The van der Waals surface area contributed by atoms with Crippen LogP contribution in [-0.2, 0) is 6.42 Å². The first kappa shape index (κ1) is 15.3. The maximum Gasteiger partial charge on any atom is 0.0647 e. The van der Waals surface area contributed by atoms with Gasteiger partial charge in [-0.1, -0.05) is 85.2 Å². The van der Waals surface area contributed by atoms with Crippen LogP contribution in [0.4, 0.5) is 0 Å². The second-order valence-electron chi connectivity index (χ2n) is 5.39. The smallest absolute Gasteiger partial charge is 0.0647 e. The predicted octanol–water partition coefficient (Wildman–Crippen LogP) is 6.25. The first-order chi connectivity index (χ1) is 9.67. The maximum atomic E-state index is 3.86. The highest BCUT2D eigenvalue weighted by atomic mass is 79.9. The molecule has 2 rings (SSSR count). The quantitative estimate of drug-likeness (QED) is 0.568. The van der Waals surface area contributed by atoms with Gasteiger partial charge in [-0.25, -0.2) is 0 Å². The van der Waals surface area contributed by atoms with E-state index in [-0.39, 0.29) is 4.83 Å². The summed E-state index contributed by atoms with van der Waals surface area (Å²) >= 11 is 3.86. The standard InChI is InChI=1S/C19H23Br/c1-4-14(3)16-10-12-17(13-11-16)19(20)18-9-7-6-8-15(18)5-2/h6-14,19H,4-5H2,1-3H3. The molecule has 0 fully saturated rings. The number of hydrogen-bond donors (Lipinski definition) is 0. The minimum absolute atomic E-state index is 0.282.